The van der Waals surface area contributed by atoms with Gasteiger partial charge in [-0.25, -0.2) is 4.39 Å². The molecule has 1 rings (SSSR count). The molecule has 0 radical (unpaired) electrons. The smallest absolute Gasteiger partial charge is 0.449 e. The minimum atomic E-state index is -5.14. The molecule has 0 atom stereocenters. The molecule has 1 aromatic carbocycles. The second kappa shape index (κ2) is 6.10. The van der Waals surface area contributed by atoms with Crippen LogP contribution in [0.1, 0.15) is 5.56 Å². The van der Waals surface area contributed by atoms with E-state index in [2.05, 4.69) is 0 Å². The van der Waals surface area contributed by atoms with Crippen molar-refractivity contribution in [3.05, 3.63) is 39.7 Å². The Balaban J connectivity index is 0.00000225. The standard InChI is InChI=1S/C7H5BF4NO2.K/c9-7-3-6(13(14)15)2-1-5(7)4-8(10,11)12;/h1-3H,4H2;/q-1;+1. The molecule has 82 valence electrons. The van der Waals surface area contributed by atoms with Gasteiger partial charge in [0.25, 0.3) is 5.69 Å². The van der Waals surface area contributed by atoms with Gasteiger partial charge >= 0.3 is 58.4 Å². The summed E-state index contributed by atoms with van der Waals surface area (Å²) in [5.74, 6) is -1.21. The third kappa shape index (κ3) is 4.92. The Morgan fingerprint density at radius 1 is 1.31 bits per heavy atom. The Bertz CT molecular complexity index is 398. The van der Waals surface area contributed by atoms with Gasteiger partial charge in [0.1, 0.15) is 5.82 Å². The molecule has 0 amide bonds. The summed E-state index contributed by atoms with van der Waals surface area (Å²) in [6, 6.07) is 2.11. The molecule has 3 nitrogen and oxygen atoms in total. The number of non-ortho nitro benzene ring substituents is 1. The van der Waals surface area contributed by atoms with E-state index < -0.39 is 35.3 Å². The average molecular weight is 261 g/mol. The first-order valence-corrected chi connectivity index (χ1v) is 3.93. The summed E-state index contributed by atoms with van der Waals surface area (Å²) in [6.45, 7) is -5.14. The number of hydrogen-bond acceptors (Lipinski definition) is 2. The van der Waals surface area contributed by atoms with Gasteiger partial charge in [0.05, 0.1) is 11.0 Å². The van der Waals surface area contributed by atoms with Gasteiger partial charge in [0.2, 0.25) is 0 Å². The maximum atomic E-state index is 12.9. The van der Waals surface area contributed by atoms with Crippen molar-refractivity contribution in [1.82, 2.24) is 0 Å². The van der Waals surface area contributed by atoms with Gasteiger partial charge in [0, 0.05) is 6.07 Å². The molecule has 0 N–H and O–H groups in total. The Hall–Kier alpha value is 0.0413. The Labute approximate surface area is 131 Å². The van der Waals surface area contributed by atoms with E-state index in [1.54, 1.807) is 0 Å². The largest absolute Gasteiger partial charge is 1.00 e. The van der Waals surface area contributed by atoms with Gasteiger partial charge < -0.3 is 12.9 Å². The van der Waals surface area contributed by atoms with Gasteiger partial charge in [-0.1, -0.05) is 12.4 Å². The van der Waals surface area contributed by atoms with Crippen LogP contribution in [0.2, 0.25) is 0 Å². The summed E-state index contributed by atoms with van der Waals surface area (Å²) >= 11 is 0. The fraction of sp³-hybridized carbons (Fsp3) is 0.143. The van der Waals surface area contributed by atoms with E-state index in [9.17, 15) is 27.5 Å². The van der Waals surface area contributed by atoms with Crippen LogP contribution < -0.4 is 51.4 Å². The second-order valence-corrected chi connectivity index (χ2v) is 2.95. The van der Waals surface area contributed by atoms with Crippen LogP contribution >= 0.6 is 0 Å². The van der Waals surface area contributed by atoms with Crippen molar-refractivity contribution in [1.29, 1.82) is 0 Å². The maximum absolute atomic E-state index is 12.9. The van der Waals surface area contributed by atoms with Crippen molar-refractivity contribution >= 4 is 12.7 Å². The monoisotopic (exact) mass is 261 g/mol. The zero-order valence-corrected chi connectivity index (χ0v) is 11.4. The second-order valence-electron chi connectivity index (χ2n) is 2.95. The minimum Gasteiger partial charge on any atom is -0.449 e. The normalized spacial score (nSPS) is 10.8. The fourth-order valence-electron chi connectivity index (χ4n) is 1.06. The molecule has 0 bridgehead atoms. The van der Waals surface area contributed by atoms with E-state index >= 15 is 0 Å². The molecule has 0 saturated heterocycles. The van der Waals surface area contributed by atoms with E-state index in [1.807, 2.05) is 0 Å². The summed E-state index contributed by atoms with van der Waals surface area (Å²) in [5, 5.41) is 10.2. The zero-order valence-electron chi connectivity index (χ0n) is 8.29. The first kappa shape index (κ1) is 16.0. The number of nitro benzene ring substituents is 1. The van der Waals surface area contributed by atoms with E-state index in [0.29, 0.717) is 6.07 Å². The summed E-state index contributed by atoms with van der Waals surface area (Å²) in [7, 11) is 0. The molecular formula is C7H5BF4KNO2. The van der Waals surface area contributed by atoms with Crippen LogP contribution in [-0.4, -0.2) is 11.9 Å². The molecule has 1 aromatic rings. The molecule has 0 heterocycles. The Kier molecular flexibility index (Phi) is 6.12. The molecule has 9 heteroatoms. The van der Waals surface area contributed by atoms with E-state index in [0.717, 1.165) is 12.1 Å². The van der Waals surface area contributed by atoms with Crippen molar-refractivity contribution < 1.29 is 73.6 Å². The first-order valence-electron chi connectivity index (χ1n) is 3.93. The summed E-state index contributed by atoms with van der Waals surface area (Å²) < 4.78 is 48.8. The van der Waals surface area contributed by atoms with Gasteiger partial charge in [-0.15, -0.1) is 0 Å². The molecule has 0 aliphatic carbocycles. The molecular weight excluding hydrogens is 256 g/mol. The third-order valence-corrected chi connectivity index (χ3v) is 1.70. The average Bonchev–Trinajstić information content (AvgIpc) is 2.05. The fourth-order valence-corrected chi connectivity index (χ4v) is 1.06. The predicted molar refractivity (Wildman–Crippen MR) is 45.8 cm³/mol. The molecule has 0 saturated carbocycles. The quantitative estimate of drug-likeness (QED) is 0.323. The van der Waals surface area contributed by atoms with Crippen molar-refractivity contribution in [3.8, 4) is 0 Å². The van der Waals surface area contributed by atoms with Crippen molar-refractivity contribution in [2.75, 3.05) is 0 Å². The first-order chi connectivity index (χ1) is 6.79. The van der Waals surface area contributed by atoms with Crippen LogP contribution in [0.3, 0.4) is 0 Å². The minimum absolute atomic E-state index is 0. The topological polar surface area (TPSA) is 43.1 Å². The number of hydrogen-bond donors (Lipinski definition) is 0. The zero-order chi connectivity index (χ0) is 11.6. The number of halogens is 4. The van der Waals surface area contributed by atoms with Crippen LogP contribution in [0.4, 0.5) is 23.0 Å². The van der Waals surface area contributed by atoms with Crippen LogP contribution in [0, 0.1) is 15.9 Å². The van der Waals surface area contributed by atoms with Gasteiger partial charge in [0.15, 0.2) is 0 Å². The van der Waals surface area contributed by atoms with Crippen LogP contribution in [-0.2, 0) is 6.32 Å². The van der Waals surface area contributed by atoms with E-state index in [-0.39, 0.29) is 51.4 Å². The predicted octanol–water partition coefficient (Wildman–Crippen LogP) is -0.333. The SMILES string of the molecule is O=[N+]([O-])c1ccc(C[B-](F)(F)F)c(F)c1.[K+]. The van der Waals surface area contributed by atoms with Gasteiger partial charge in [-0.2, -0.15) is 0 Å². The van der Waals surface area contributed by atoms with Crippen LogP contribution in [0.25, 0.3) is 0 Å². The molecule has 0 fully saturated rings. The summed E-state index contributed by atoms with van der Waals surface area (Å²) in [6.07, 6.45) is -1.37. The van der Waals surface area contributed by atoms with E-state index in [4.69, 9.17) is 0 Å². The molecule has 16 heavy (non-hydrogen) atoms. The number of rotatable bonds is 3. The van der Waals surface area contributed by atoms with Crippen molar-refractivity contribution in [2.24, 2.45) is 0 Å². The molecule has 0 aliphatic heterocycles. The van der Waals surface area contributed by atoms with Crippen molar-refractivity contribution in [2.45, 2.75) is 6.32 Å². The number of nitro groups is 1. The molecule has 0 spiro atoms. The number of nitrogens with zero attached hydrogens (tertiary/aromatic N) is 1. The van der Waals surface area contributed by atoms with Crippen molar-refractivity contribution in [3.63, 3.8) is 0 Å². The molecule has 0 aliphatic rings. The Morgan fingerprint density at radius 2 is 1.88 bits per heavy atom. The van der Waals surface area contributed by atoms with E-state index in [1.165, 1.54) is 0 Å². The maximum Gasteiger partial charge on any atom is 1.00 e. The Morgan fingerprint density at radius 3 is 2.25 bits per heavy atom. The summed E-state index contributed by atoms with van der Waals surface area (Å²) in [4.78, 5) is 9.30. The molecule has 0 unspecified atom stereocenters. The van der Waals surface area contributed by atoms with Crippen LogP contribution in [0.15, 0.2) is 18.2 Å². The van der Waals surface area contributed by atoms with Gasteiger partial charge in [-0.3, -0.25) is 10.1 Å². The number of benzene rings is 1. The van der Waals surface area contributed by atoms with Gasteiger partial charge in [-0.05, 0) is 5.56 Å². The third-order valence-electron chi connectivity index (χ3n) is 1.70. The molecule has 0 aromatic heterocycles. The summed E-state index contributed by atoms with van der Waals surface area (Å²) in [5.41, 5.74) is -1.14. The van der Waals surface area contributed by atoms with Crippen LogP contribution in [0.5, 0.6) is 0 Å².